The van der Waals surface area contributed by atoms with Crippen LogP contribution < -0.4 is 10.6 Å². The fraction of sp³-hybridized carbons (Fsp3) is 0.282. The molecule has 1 saturated heterocycles. The first kappa shape index (κ1) is 35.5. The number of ether oxygens (including phenoxy) is 1. The molecular weight excluding hydrogens is 696 g/mol. The smallest absolute Gasteiger partial charge is 0.320 e. The molecule has 6 aromatic rings. The van der Waals surface area contributed by atoms with Crippen molar-refractivity contribution in [1.29, 1.82) is 0 Å². The number of benzene rings is 3. The van der Waals surface area contributed by atoms with Crippen LogP contribution in [-0.2, 0) is 23.2 Å². The number of urea groups is 1. The second kappa shape index (κ2) is 15.4. The molecule has 1 fully saturated rings. The summed E-state index contributed by atoms with van der Waals surface area (Å²) in [5.74, 6) is 1.24. The first-order valence-electron chi connectivity index (χ1n) is 17.3. The zero-order valence-corrected chi connectivity index (χ0v) is 30.9. The van der Waals surface area contributed by atoms with Gasteiger partial charge in [0.05, 0.1) is 29.6 Å². The van der Waals surface area contributed by atoms with Crippen LogP contribution in [0.5, 0.6) is 5.75 Å². The predicted molar refractivity (Wildman–Crippen MR) is 204 cm³/mol. The standard InChI is InChI=1S/C39H41ClN8O3S/c1-4-39(2,3)34-22-36(48(45-34)29-13-15-32(49)31(40)21-29)42-38(50)41-23-28-7-5-6-8-33(28)52-30-14-16-35-43-44-37(47(35)25-30)27-11-9-26(10-12-27)24-46-17-19-51-20-18-46/h5-16,21-22,25,49H,4,17-20,23-24H2,1-3H3,(H2,41,42,50). The highest BCUT2D eigenvalue weighted by atomic mass is 35.5. The number of phenolic OH excluding ortho intramolecular Hbond substituents is 1. The lowest BCUT2D eigenvalue weighted by molar-refractivity contribution is 0.0342. The van der Waals surface area contributed by atoms with Gasteiger partial charge in [0.25, 0.3) is 0 Å². The van der Waals surface area contributed by atoms with Gasteiger partial charge in [0.1, 0.15) is 11.6 Å². The van der Waals surface area contributed by atoms with Crippen LogP contribution >= 0.6 is 23.4 Å². The Kier molecular flexibility index (Phi) is 10.5. The Bertz CT molecular complexity index is 2190. The molecule has 13 heteroatoms. The fourth-order valence-electron chi connectivity index (χ4n) is 5.92. The van der Waals surface area contributed by atoms with Gasteiger partial charge in [-0.15, -0.1) is 10.2 Å². The molecule has 1 aliphatic heterocycles. The number of phenols is 1. The summed E-state index contributed by atoms with van der Waals surface area (Å²) in [5.41, 5.74) is 5.21. The molecule has 11 nitrogen and oxygen atoms in total. The summed E-state index contributed by atoms with van der Waals surface area (Å²) in [5, 5.41) is 29.9. The predicted octanol–water partition coefficient (Wildman–Crippen LogP) is 7.93. The summed E-state index contributed by atoms with van der Waals surface area (Å²) in [4.78, 5) is 17.8. The maximum Gasteiger partial charge on any atom is 0.320 e. The number of hydrogen-bond donors (Lipinski definition) is 3. The number of carbonyl (C=O) groups is 1. The molecule has 0 bridgehead atoms. The molecule has 52 heavy (non-hydrogen) atoms. The summed E-state index contributed by atoms with van der Waals surface area (Å²) >= 11 is 7.84. The van der Waals surface area contributed by atoms with Crippen molar-refractivity contribution in [3.63, 3.8) is 0 Å². The minimum Gasteiger partial charge on any atom is -0.506 e. The molecule has 4 heterocycles. The largest absolute Gasteiger partial charge is 0.506 e. The molecular formula is C39H41ClN8O3S. The van der Waals surface area contributed by atoms with E-state index in [9.17, 15) is 9.90 Å². The average molecular weight is 737 g/mol. The van der Waals surface area contributed by atoms with Gasteiger partial charge in [-0.05, 0) is 53.9 Å². The third kappa shape index (κ3) is 7.95. The number of morpholine rings is 1. The molecule has 1 aliphatic rings. The fourth-order valence-corrected chi connectivity index (χ4v) is 7.06. The highest BCUT2D eigenvalue weighted by Crippen LogP contribution is 2.33. The van der Waals surface area contributed by atoms with Crippen molar-refractivity contribution in [1.82, 2.24) is 34.6 Å². The van der Waals surface area contributed by atoms with Crippen LogP contribution in [0.1, 0.15) is 44.0 Å². The average Bonchev–Trinajstić information content (AvgIpc) is 3.78. The van der Waals surface area contributed by atoms with Crippen LogP contribution in [0, 0.1) is 0 Å². The number of halogens is 1. The lowest BCUT2D eigenvalue weighted by atomic mass is 9.87. The topological polar surface area (TPSA) is 122 Å². The second-order valence-corrected chi connectivity index (χ2v) is 14.9. The SMILES string of the molecule is CCC(C)(C)c1cc(NC(=O)NCc2ccccc2Sc2ccc3nnc(-c4ccc(CN5CCOCC5)cc4)n3c2)n(-c2ccc(O)c(Cl)c2)n1. The number of amides is 2. The number of fused-ring (bicyclic) bond motifs is 1. The van der Waals surface area contributed by atoms with E-state index in [1.807, 2.05) is 46.9 Å². The second-order valence-electron chi connectivity index (χ2n) is 13.4. The zero-order chi connectivity index (χ0) is 36.2. The van der Waals surface area contributed by atoms with Crippen LogP contribution in [0.25, 0.3) is 22.7 Å². The summed E-state index contributed by atoms with van der Waals surface area (Å²) < 4.78 is 9.14. The molecule has 0 saturated carbocycles. The van der Waals surface area contributed by atoms with Crippen LogP contribution in [0.3, 0.4) is 0 Å². The molecule has 3 N–H and O–H groups in total. The number of aromatic hydroxyl groups is 1. The van der Waals surface area contributed by atoms with Crippen molar-refractivity contribution in [3.05, 3.63) is 113 Å². The highest BCUT2D eigenvalue weighted by molar-refractivity contribution is 7.99. The van der Waals surface area contributed by atoms with Crippen LogP contribution in [0.15, 0.2) is 101 Å². The normalized spacial score (nSPS) is 13.8. The van der Waals surface area contributed by atoms with Crippen molar-refractivity contribution in [3.8, 4) is 22.8 Å². The molecule has 268 valence electrons. The lowest BCUT2D eigenvalue weighted by Crippen LogP contribution is -2.35. The molecule has 0 aliphatic carbocycles. The van der Waals surface area contributed by atoms with E-state index < -0.39 is 0 Å². The van der Waals surface area contributed by atoms with E-state index in [1.165, 1.54) is 11.6 Å². The quantitative estimate of drug-likeness (QED) is 0.123. The Hall–Kier alpha value is -4.88. The van der Waals surface area contributed by atoms with E-state index in [0.29, 0.717) is 18.1 Å². The first-order chi connectivity index (χ1) is 25.2. The number of rotatable bonds is 11. The highest BCUT2D eigenvalue weighted by Gasteiger charge is 2.25. The van der Waals surface area contributed by atoms with Crippen molar-refractivity contribution >= 4 is 40.9 Å². The van der Waals surface area contributed by atoms with Gasteiger partial charge >= 0.3 is 6.03 Å². The molecule has 0 radical (unpaired) electrons. The Morgan fingerprint density at radius 1 is 1.00 bits per heavy atom. The van der Waals surface area contributed by atoms with E-state index in [-0.39, 0.29) is 22.2 Å². The van der Waals surface area contributed by atoms with Crippen molar-refractivity contribution < 1.29 is 14.6 Å². The molecule has 0 atom stereocenters. The number of nitrogens with zero attached hydrogens (tertiary/aromatic N) is 6. The third-order valence-corrected chi connectivity index (χ3v) is 10.8. The lowest BCUT2D eigenvalue weighted by Gasteiger charge is -2.26. The van der Waals surface area contributed by atoms with E-state index in [0.717, 1.165) is 77.4 Å². The summed E-state index contributed by atoms with van der Waals surface area (Å²) in [6.45, 7) is 11.0. The Morgan fingerprint density at radius 2 is 1.79 bits per heavy atom. The monoisotopic (exact) mass is 736 g/mol. The van der Waals surface area contributed by atoms with Crippen molar-refractivity contribution in [2.24, 2.45) is 0 Å². The Balaban J connectivity index is 1.05. The van der Waals surface area contributed by atoms with Gasteiger partial charge in [0, 0.05) is 59.2 Å². The molecule has 2 amide bonds. The maximum absolute atomic E-state index is 13.3. The Labute approximate surface area is 312 Å². The van der Waals surface area contributed by atoms with Crippen molar-refractivity contribution in [2.75, 3.05) is 31.6 Å². The first-order valence-corrected chi connectivity index (χ1v) is 18.5. The number of hydrogen-bond acceptors (Lipinski definition) is 8. The minimum atomic E-state index is -0.377. The molecule has 0 unspecified atom stereocenters. The van der Waals surface area contributed by atoms with Gasteiger partial charge in [0.2, 0.25) is 0 Å². The van der Waals surface area contributed by atoms with E-state index >= 15 is 0 Å². The van der Waals surface area contributed by atoms with E-state index in [4.69, 9.17) is 21.4 Å². The zero-order valence-electron chi connectivity index (χ0n) is 29.3. The summed E-state index contributed by atoms with van der Waals surface area (Å²) in [7, 11) is 0. The van der Waals surface area contributed by atoms with Gasteiger partial charge in [-0.25, -0.2) is 9.48 Å². The number of carbonyl (C=O) groups excluding carboxylic acids is 1. The maximum atomic E-state index is 13.3. The number of anilines is 1. The van der Waals surface area contributed by atoms with Gasteiger partial charge in [-0.2, -0.15) is 5.10 Å². The molecule has 7 rings (SSSR count). The van der Waals surface area contributed by atoms with Gasteiger partial charge < -0.3 is 15.2 Å². The van der Waals surface area contributed by atoms with Crippen LogP contribution in [-0.4, -0.2) is 66.7 Å². The van der Waals surface area contributed by atoms with E-state index in [1.54, 1.807) is 28.6 Å². The molecule has 3 aromatic carbocycles. The van der Waals surface area contributed by atoms with Crippen LogP contribution in [0.2, 0.25) is 5.02 Å². The Morgan fingerprint density at radius 3 is 2.56 bits per heavy atom. The number of pyridine rings is 1. The minimum absolute atomic E-state index is 0.0255. The van der Waals surface area contributed by atoms with Crippen LogP contribution in [0.4, 0.5) is 10.6 Å². The van der Waals surface area contributed by atoms with Crippen molar-refractivity contribution in [2.45, 2.75) is 55.5 Å². The summed E-state index contributed by atoms with van der Waals surface area (Å²) in [6.07, 6.45) is 2.91. The van der Waals surface area contributed by atoms with E-state index in [2.05, 4.69) is 77.0 Å². The number of aromatic nitrogens is 5. The van der Waals surface area contributed by atoms with Gasteiger partial charge in [0.15, 0.2) is 11.5 Å². The molecule has 3 aromatic heterocycles. The number of nitrogens with one attached hydrogen (secondary N) is 2. The third-order valence-electron chi connectivity index (χ3n) is 9.44. The summed E-state index contributed by atoms with van der Waals surface area (Å²) in [6, 6.07) is 26.9. The van der Waals surface area contributed by atoms with Gasteiger partial charge in [-0.1, -0.05) is 86.6 Å². The molecule has 0 spiro atoms. The van der Waals surface area contributed by atoms with Gasteiger partial charge in [-0.3, -0.25) is 14.6 Å².